The molecule has 3 nitrogen and oxygen atoms in total. The highest BCUT2D eigenvalue weighted by molar-refractivity contribution is 5.81. The number of carbonyl (C=O) groups is 1. The average Bonchev–Trinajstić information content (AvgIpc) is 2.38. The Kier molecular flexibility index (Phi) is 3.30. The van der Waals surface area contributed by atoms with E-state index in [-0.39, 0.29) is 0 Å². The number of hydrogen-bond acceptors (Lipinski definition) is 2. The summed E-state index contributed by atoms with van der Waals surface area (Å²) in [4.78, 5) is 11.3. The van der Waals surface area contributed by atoms with Gasteiger partial charge in [-0.15, -0.1) is 0 Å². The molecule has 98 valence electrons. The lowest BCUT2D eigenvalue weighted by Crippen LogP contribution is -2.28. The lowest BCUT2D eigenvalue weighted by molar-refractivity contribution is -0.142. The number of rotatable bonds is 3. The molecule has 0 aliphatic heterocycles. The average molecular weight is 255 g/mol. The fourth-order valence-corrected chi connectivity index (χ4v) is 1.93. The van der Waals surface area contributed by atoms with Crippen molar-refractivity contribution in [1.29, 1.82) is 0 Å². The Hall–Kier alpha value is -2.29. The van der Waals surface area contributed by atoms with E-state index in [0.29, 0.717) is 5.69 Å². The van der Waals surface area contributed by atoms with Crippen LogP contribution in [0.25, 0.3) is 11.1 Å². The zero-order chi connectivity index (χ0) is 14.0. The molecule has 2 aromatic carbocycles. The Morgan fingerprint density at radius 1 is 1.05 bits per heavy atom. The molecule has 0 heterocycles. The van der Waals surface area contributed by atoms with Gasteiger partial charge in [0, 0.05) is 5.69 Å². The van der Waals surface area contributed by atoms with Gasteiger partial charge in [0.25, 0.3) is 0 Å². The molecule has 19 heavy (non-hydrogen) atoms. The van der Waals surface area contributed by atoms with E-state index in [1.807, 2.05) is 48.5 Å². The molecule has 0 aliphatic rings. The smallest absolute Gasteiger partial charge is 0.313 e. The van der Waals surface area contributed by atoms with Gasteiger partial charge in [0.05, 0.1) is 5.41 Å². The first kappa shape index (κ1) is 13.1. The fourth-order valence-electron chi connectivity index (χ4n) is 1.93. The number of hydrogen-bond donors (Lipinski definition) is 2. The minimum atomic E-state index is -0.906. The molecule has 3 heteroatoms. The summed E-state index contributed by atoms with van der Waals surface area (Å²) < 4.78 is 0. The van der Waals surface area contributed by atoms with E-state index in [1.165, 1.54) is 0 Å². The molecule has 0 radical (unpaired) electrons. The summed E-state index contributed by atoms with van der Waals surface area (Å²) in [6.45, 7) is 3.40. The standard InChI is InChI=1S/C16H17NO2/c1-16(2,15(18)19)13-7-3-5-11(9-13)12-6-4-8-14(17)10-12/h3-10H,17H2,1-2H3,(H,18,19). The highest BCUT2D eigenvalue weighted by atomic mass is 16.4. The van der Waals surface area contributed by atoms with Crippen molar-refractivity contribution in [1.82, 2.24) is 0 Å². The number of benzene rings is 2. The third-order valence-electron chi connectivity index (χ3n) is 3.34. The summed E-state index contributed by atoms with van der Waals surface area (Å²) in [6.07, 6.45) is 0. The number of anilines is 1. The molecule has 0 saturated carbocycles. The molecular formula is C16H17NO2. The number of nitrogens with two attached hydrogens (primary N) is 1. The van der Waals surface area contributed by atoms with Crippen LogP contribution < -0.4 is 5.73 Å². The number of aliphatic carboxylic acids is 1. The first-order valence-corrected chi connectivity index (χ1v) is 6.11. The maximum atomic E-state index is 11.3. The largest absolute Gasteiger partial charge is 0.481 e. The number of carboxylic acids is 1. The third-order valence-corrected chi connectivity index (χ3v) is 3.34. The molecule has 0 amide bonds. The van der Waals surface area contributed by atoms with Crippen LogP contribution in [-0.4, -0.2) is 11.1 Å². The Labute approximate surface area is 112 Å². The molecule has 3 N–H and O–H groups in total. The Morgan fingerprint density at radius 2 is 1.63 bits per heavy atom. The van der Waals surface area contributed by atoms with E-state index in [0.717, 1.165) is 16.7 Å². The zero-order valence-electron chi connectivity index (χ0n) is 11.1. The van der Waals surface area contributed by atoms with Crippen molar-refractivity contribution in [2.24, 2.45) is 0 Å². The molecule has 0 unspecified atom stereocenters. The van der Waals surface area contributed by atoms with Crippen LogP contribution in [0, 0.1) is 0 Å². The van der Waals surface area contributed by atoms with Gasteiger partial charge >= 0.3 is 5.97 Å². The van der Waals surface area contributed by atoms with Gasteiger partial charge in [-0.25, -0.2) is 0 Å². The molecule has 0 saturated heterocycles. The summed E-state index contributed by atoms with van der Waals surface area (Å²) in [5.74, 6) is -0.836. The highest BCUT2D eigenvalue weighted by Gasteiger charge is 2.29. The van der Waals surface area contributed by atoms with Crippen LogP contribution in [0.15, 0.2) is 48.5 Å². The SMILES string of the molecule is CC(C)(C(=O)O)c1cccc(-c2cccc(N)c2)c1. The molecule has 0 bridgehead atoms. The summed E-state index contributed by atoms with van der Waals surface area (Å²) in [5, 5.41) is 9.28. The van der Waals surface area contributed by atoms with Crippen molar-refractivity contribution in [2.75, 3.05) is 5.73 Å². The van der Waals surface area contributed by atoms with Crippen molar-refractivity contribution in [3.8, 4) is 11.1 Å². The normalized spacial score (nSPS) is 11.3. The van der Waals surface area contributed by atoms with Crippen LogP contribution in [0.4, 0.5) is 5.69 Å². The minimum absolute atomic E-state index is 0.695. The first-order chi connectivity index (χ1) is 8.91. The maximum absolute atomic E-state index is 11.3. The van der Waals surface area contributed by atoms with Crippen LogP contribution in [-0.2, 0) is 10.2 Å². The number of carboxylic acid groups (broad SMARTS) is 1. The first-order valence-electron chi connectivity index (χ1n) is 6.11. The maximum Gasteiger partial charge on any atom is 0.313 e. The second kappa shape index (κ2) is 4.76. The van der Waals surface area contributed by atoms with E-state index in [2.05, 4.69) is 0 Å². The summed E-state index contributed by atoms with van der Waals surface area (Å²) in [5.41, 5.74) is 8.30. The van der Waals surface area contributed by atoms with Crippen molar-refractivity contribution in [2.45, 2.75) is 19.3 Å². The van der Waals surface area contributed by atoms with Gasteiger partial charge in [0.2, 0.25) is 0 Å². The monoisotopic (exact) mass is 255 g/mol. The fraction of sp³-hybridized carbons (Fsp3) is 0.188. The molecule has 0 atom stereocenters. The summed E-state index contributed by atoms with van der Waals surface area (Å²) in [7, 11) is 0. The summed E-state index contributed by atoms with van der Waals surface area (Å²) in [6, 6.07) is 15.1. The van der Waals surface area contributed by atoms with E-state index in [1.54, 1.807) is 13.8 Å². The van der Waals surface area contributed by atoms with Crippen molar-refractivity contribution < 1.29 is 9.90 Å². The Balaban J connectivity index is 2.48. The molecule has 2 rings (SSSR count). The lowest BCUT2D eigenvalue weighted by atomic mass is 9.83. The zero-order valence-corrected chi connectivity index (χ0v) is 11.1. The molecule has 0 aromatic heterocycles. The van der Waals surface area contributed by atoms with Crippen LogP contribution in [0.3, 0.4) is 0 Å². The Bertz CT molecular complexity index is 618. The van der Waals surface area contributed by atoms with E-state index in [9.17, 15) is 9.90 Å². The second-order valence-corrected chi connectivity index (χ2v) is 5.14. The molecule has 0 aliphatic carbocycles. The van der Waals surface area contributed by atoms with E-state index in [4.69, 9.17) is 5.73 Å². The van der Waals surface area contributed by atoms with Gasteiger partial charge in [0.15, 0.2) is 0 Å². The van der Waals surface area contributed by atoms with Gasteiger partial charge in [-0.2, -0.15) is 0 Å². The van der Waals surface area contributed by atoms with Gasteiger partial charge < -0.3 is 10.8 Å². The van der Waals surface area contributed by atoms with Crippen molar-refractivity contribution in [3.05, 3.63) is 54.1 Å². The predicted molar refractivity (Wildman–Crippen MR) is 77.0 cm³/mol. The highest BCUT2D eigenvalue weighted by Crippen LogP contribution is 2.28. The third kappa shape index (κ3) is 2.60. The van der Waals surface area contributed by atoms with Crippen LogP contribution in [0.2, 0.25) is 0 Å². The second-order valence-electron chi connectivity index (χ2n) is 5.14. The van der Waals surface area contributed by atoms with Crippen LogP contribution in [0.5, 0.6) is 0 Å². The van der Waals surface area contributed by atoms with Gasteiger partial charge in [0.1, 0.15) is 0 Å². The topological polar surface area (TPSA) is 63.3 Å². The van der Waals surface area contributed by atoms with Gasteiger partial charge in [-0.1, -0.05) is 36.4 Å². The quantitative estimate of drug-likeness (QED) is 0.827. The summed E-state index contributed by atoms with van der Waals surface area (Å²) >= 11 is 0. The molecule has 2 aromatic rings. The van der Waals surface area contributed by atoms with E-state index >= 15 is 0 Å². The minimum Gasteiger partial charge on any atom is -0.481 e. The lowest BCUT2D eigenvalue weighted by Gasteiger charge is -2.20. The van der Waals surface area contributed by atoms with Gasteiger partial charge in [-0.3, -0.25) is 4.79 Å². The molecule has 0 spiro atoms. The molecular weight excluding hydrogens is 238 g/mol. The van der Waals surface area contributed by atoms with Crippen molar-refractivity contribution >= 4 is 11.7 Å². The number of nitrogen functional groups attached to an aromatic ring is 1. The Morgan fingerprint density at radius 3 is 2.21 bits per heavy atom. The van der Waals surface area contributed by atoms with E-state index < -0.39 is 11.4 Å². The predicted octanol–water partition coefficient (Wildman–Crippen LogP) is 3.30. The molecule has 0 fully saturated rings. The van der Waals surface area contributed by atoms with Crippen LogP contribution >= 0.6 is 0 Å². The van der Waals surface area contributed by atoms with Crippen molar-refractivity contribution in [3.63, 3.8) is 0 Å². The van der Waals surface area contributed by atoms with Crippen LogP contribution in [0.1, 0.15) is 19.4 Å². The van der Waals surface area contributed by atoms with Gasteiger partial charge in [-0.05, 0) is 42.7 Å².